The average molecular weight is 426 g/mol. The summed E-state index contributed by atoms with van der Waals surface area (Å²) >= 11 is 0. The molecule has 4 aromatic rings. The van der Waals surface area contributed by atoms with Crippen LogP contribution in [0.25, 0.3) is 16.7 Å². The van der Waals surface area contributed by atoms with E-state index >= 15 is 0 Å². The number of aromatic nitrogens is 4. The zero-order valence-electron chi connectivity index (χ0n) is 18.7. The standard InChI is InChI=1S/C26H27N5O/c1-17-14-23(24-28-20-11-10-18(26(2,3)4)15-21(20)29-24)30(16-17)25(32)19-8-5-6-9-22(19)31-13-7-12-27-31/h5-13,15,23H,1,14,16H2,2-4H3,(H,28,29). The molecule has 1 unspecified atom stereocenters. The Morgan fingerprint density at radius 3 is 2.72 bits per heavy atom. The van der Waals surface area contributed by atoms with Crippen molar-refractivity contribution in [2.75, 3.05) is 6.54 Å². The van der Waals surface area contributed by atoms with E-state index in [0.29, 0.717) is 18.5 Å². The van der Waals surface area contributed by atoms with Crippen molar-refractivity contribution in [2.45, 2.75) is 38.6 Å². The normalized spacial score (nSPS) is 16.8. The lowest BCUT2D eigenvalue weighted by molar-refractivity contribution is 0.0733. The molecule has 2 aromatic heterocycles. The molecule has 0 radical (unpaired) electrons. The van der Waals surface area contributed by atoms with Crippen LogP contribution in [0.3, 0.4) is 0 Å². The second-order valence-electron chi connectivity index (χ2n) is 9.47. The van der Waals surface area contributed by atoms with Gasteiger partial charge in [-0.3, -0.25) is 4.79 Å². The van der Waals surface area contributed by atoms with Gasteiger partial charge in [0.05, 0.1) is 28.3 Å². The highest BCUT2D eigenvalue weighted by atomic mass is 16.2. The summed E-state index contributed by atoms with van der Waals surface area (Å²) in [5.41, 5.74) is 5.61. The molecule has 1 atom stereocenters. The SMILES string of the molecule is C=C1CC(c2nc3ccc(C(C)(C)C)cc3[nH]2)N(C(=O)c2ccccc2-n2cccn2)C1. The van der Waals surface area contributed by atoms with E-state index in [9.17, 15) is 4.79 Å². The maximum Gasteiger partial charge on any atom is 0.256 e. The molecule has 1 amide bonds. The lowest BCUT2D eigenvalue weighted by Gasteiger charge is -2.24. The van der Waals surface area contributed by atoms with Gasteiger partial charge in [-0.25, -0.2) is 9.67 Å². The highest BCUT2D eigenvalue weighted by molar-refractivity contribution is 5.98. The van der Waals surface area contributed by atoms with Crippen molar-refractivity contribution in [3.8, 4) is 5.69 Å². The third-order valence-corrected chi connectivity index (χ3v) is 6.08. The Hall–Kier alpha value is -3.67. The first-order valence-electron chi connectivity index (χ1n) is 10.9. The van der Waals surface area contributed by atoms with Crippen molar-refractivity contribution in [1.29, 1.82) is 0 Å². The highest BCUT2D eigenvalue weighted by Crippen LogP contribution is 2.36. The summed E-state index contributed by atoms with van der Waals surface area (Å²) in [6.45, 7) is 11.3. The van der Waals surface area contributed by atoms with Gasteiger partial charge < -0.3 is 9.88 Å². The molecule has 2 aromatic carbocycles. The fraction of sp³-hybridized carbons (Fsp3) is 0.269. The van der Waals surface area contributed by atoms with Crippen molar-refractivity contribution in [1.82, 2.24) is 24.6 Å². The molecule has 162 valence electrons. The Morgan fingerprint density at radius 2 is 1.97 bits per heavy atom. The smallest absolute Gasteiger partial charge is 0.256 e. The topological polar surface area (TPSA) is 66.8 Å². The molecule has 1 fully saturated rings. The van der Waals surface area contributed by atoms with Crippen LogP contribution in [0.15, 0.2) is 73.1 Å². The number of para-hydroxylation sites is 1. The van der Waals surface area contributed by atoms with Crippen molar-refractivity contribution >= 4 is 16.9 Å². The third-order valence-electron chi connectivity index (χ3n) is 6.08. The fourth-order valence-corrected chi connectivity index (χ4v) is 4.33. The molecule has 1 aliphatic rings. The molecule has 1 N–H and O–H groups in total. The van der Waals surface area contributed by atoms with E-state index in [4.69, 9.17) is 4.98 Å². The molecule has 0 saturated carbocycles. The number of H-pyrrole nitrogens is 1. The third kappa shape index (κ3) is 3.51. The number of hydrogen-bond acceptors (Lipinski definition) is 3. The number of nitrogens with zero attached hydrogens (tertiary/aromatic N) is 4. The summed E-state index contributed by atoms with van der Waals surface area (Å²) in [4.78, 5) is 23.9. The molecule has 5 rings (SSSR count). The van der Waals surface area contributed by atoms with Crippen LogP contribution in [0.5, 0.6) is 0 Å². The lowest BCUT2D eigenvalue weighted by Crippen LogP contribution is -2.32. The van der Waals surface area contributed by atoms with Crippen molar-refractivity contribution in [3.05, 3.63) is 90.0 Å². The van der Waals surface area contributed by atoms with Crippen LogP contribution in [0.4, 0.5) is 0 Å². The summed E-state index contributed by atoms with van der Waals surface area (Å²) in [6, 6.07) is 15.6. The minimum absolute atomic E-state index is 0.0458. The predicted molar refractivity (Wildman–Crippen MR) is 126 cm³/mol. The van der Waals surface area contributed by atoms with Gasteiger partial charge >= 0.3 is 0 Å². The van der Waals surface area contributed by atoms with Crippen LogP contribution < -0.4 is 0 Å². The highest BCUT2D eigenvalue weighted by Gasteiger charge is 2.35. The molecule has 6 heteroatoms. The largest absolute Gasteiger partial charge is 0.340 e. The zero-order chi connectivity index (χ0) is 22.5. The monoisotopic (exact) mass is 425 g/mol. The fourth-order valence-electron chi connectivity index (χ4n) is 4.33. The average Bonchev–Trinajstić information content (AvgIpc) is 3.51. The van der Waals surface area contributed by atoms with Gasteiger partial charge in [0.2, 0.25) is 0 Å². The quantitative estimate of drug-likeness (QED) is 0.459. The summed E-state index contributed by atoms with van der Waals surface area (Å²) in [5.74, 6) is 0.755. The van der Waals surface area contributed by atoms with E-state index in [2.05, 4.69) is 55.6 Å². The number of carbonyl (C=O) groups is 1. The summed E-state index contributed by atoms with van der Waals surface area (Å²) in [6.07, 6.45) is 4.25. The lowest BCUT2D eigenvalue weighted by atomic mass is 9.87. The number of carbonyl (C=O) groups excluding carboxylic acids is 1. The van der Waals surface area contributed by atoms with Gasteiger partial charge in [0.25, 0.3) is 5.91 Å². The first kappa shape index (κ1) is 20.2. The van der Waals surface area contributed by atoms with E-state index in [1.54, 1.807) is 10.9 Å². The first-order chi connectivity index (χ1) is 15.3. The van der Waals surface area contributed by atoms with Crippen molar-refractivity contribution in [3.63, 3.8) is 0 Å². The molecule has 0 bridgehead atoms. The van der Waals surface area contributed by atoms with Gasteiger partial charge in [0.15, 0.2) is 0 Å². The molecule has 0 spiro atoms. The molecule has 1 saturated heterocycles. The molecule has 3 heterocycles. The Morgan fingerprint density at radius 1 is 1.16 bits per heavy atom. The number of imidazole rings is 1. The Kier molecular flexibility index (Phi) is 4.73. The molecule has 0 aliphatic carbocycles. The van der Waals surface area contributed by atoms with Crippen molar-refractivity contribution in [2.24, 2.45) is 0 Å². The number of rotatable bonds is 3. The van der Waals surface area contributed by atoms with Crippen LogP contribution in [-0.2, 0) is 5.41 Å². The zero-order valence-corrected chi connectivity index (χ0v) is 18.7. The minimum atomic E-state index is -0.175. The number of likely N-dealkylation sites (tertiary alicyclic amines) is 1. The predicted octanol–water partition coefficient (Wildman–Crippen LogP) is 5.19. The number of amides is 1. The number of fused-ring (bicyclic) bond motifs is 1. The van der Waals surface area contributed by atoms with Crippen LogP contribution in [0.1, 0.15) is 55.0 Å². The second-order valence-corrected chi connectivity index (χ2v) is 9.47. The summed E-state index contributed by atoms with van der Waals surface area (Å²) < 4.78 is 1.72. The number of nitrogens with one attached hydrogen (secondary N) is 1. The van der Waals surface area contributed by atoms with Crippen LogP contribution >= 0.6 is 0 Å². The number of aromatic amines is 1. The summed E-state index contributed by atoms with van der Waals surface area (Å²) in [7, 11) is 0. The van der Waals surface area contributed by atoms with E-state index < -0.39 is 0 Å². The van der Waals surface area contributed by atoms with E-state index in [1.807, 2.05) is 41.4 Å². The molecule has 32 heavy (non-hydrogen) atoms. The summed E-state index contributed by atoms with van der Waals surface area (Å²) in [5, 5.41) is 4.31. The number of hydrogen-bond donors (Lipinski definition) is 1. The maximum atomic E-state index is 13.7. The van der Waals surface area contributed by atoms with Gasteiger partial charge in [-0.1, -0.05) is 51.1 Å². The Labute approximate surface area is 187 Å². The van der Waals surface area contributed by atoms with E-state index in [1.165, 1.54) is 5.56 Å². The van der Waals surface area contributed by atoms with Gasteiger partial charge in [-0.05, 0) is 47.7 Å². The Balaban J connectivity index is 1.52. The molecule has 1 aliphatic heterocycles. The van der Waals surface area contributed by atoms with Gasteiger partial charge in [0.1, 0.15) is 5.82 Å². The van der Waals surface area contributed by atoms with Crippen LogP contribution in [-0.4, -0.2) is 37.1 Å². The van der Waals surface area contributed by atoms with E-state index in [-0.39, 0.29) is 17.4 Å². The van der Waals surface area contributed by atoms with Gasteiger partial charge in [-0.2, -0.15) is 5.10 Å². The molecular weight excluding hydrogens is 398 g/mol. The van der Waals surface area contributed by atoms with Gasteiger partial charge in [-0.15, -0.1) is 0 Å². The molecular formula is C26H27N5O. The minimum Gasteiger partial charge on any atom is -0.340 e. The first-order valence-corrected chi connectivity index (χ1v) is 10.9. The van der Waals surface area contributed by atoms with Crippen LogP contribution in [0, 0.1) is 0 Å². The maximum absolute atomic E-state index is 13.7. The van der Waals surface area contributed by atoms with Gasteiger partial charge in [0, 0.05) is 18.9 Å². The van der Waals surface area contributed by atoms with Crippen LogP contribution in [0.2, 0.25) is 0 Å². The van der Waals surface area contributed by atoms with Crippen molar-refractivity contribution < 1.29 is 4.79 Å². The van der Waals surface area contributed by atoms with E-state index in [0.717, 1.165) is 28.1 Å². The second kappa shape index (κ2) is 7.48. The Bertz CT molecular complexity index is 1310. The molecule has 6 nitrogen and oxygen atoms in total. The number of benzene rings is 2.